The summed E-state index contributed by atoms with van der Waals surface area (Å²) in [5.74, 6) is -0.769. The number of nitrogens with two attached hydrogens (primary N) is 1. The summed E-state index contributed by atoms with van der Waals surface area (Å²) in [4.78, 5) is 1.70. The van der Waals surface area contributed by atoms with Crippen LogP contribution in [0.25, 0.3) is 0 Å². The van der Waals surface area contributed by atoms with Crippen molar-refractivity contribution in [1.82, 2.24) is 9.62 Å². The largest absolute Gasteiger partial charge is 0.326 e. The molecule has 1 rings (SSSR count). The van der Waals surface area contributed by atoms with Crippen LogP contribution in [0.2, 0.25) is 0 Å². The van der Waals surface area contributed by atoms with E-state index in [1.54, 1.807) is 0 Å². The van der Waals surface area contributed by atoms with Crippen molar-refractivity contribution in [2.75, 3.05) is 20.1 Å². The van der Waals surface area contributed by atoms with Crippen molar-refractivity contribution >= 4 is 10.0 Å². The lowest BCUT2D eigenvalue weighted by Gasteiger charge is -2.23. The number of nitrogens with one attached hydrogen (secondary N) is 1. The van der Waals surface area contributed by atoms with Crippen LogP contribution in [-0.4, -0.2) is 39.5 Å². The summed E-state index contributed by atoms with van der Waals surface area (Å²) in [6.07, 6.45) is 0.983. The molecule has 1 atom stereocenters. The first-order valence-corrected chi connectivity index (χ1v) is 8.48. The number of sulfonamides is 1. The van der Waals surface area contributed by atoms with E-state index in [1.807, 2.05) is 7.05 Å². The number of likely N-dealkylation sites (N-methyl/N-ethyl adjacent to an activating group) is 1. The zero-order valence-corrected chi connectivity index (χ0v) is 13.6. The zero-order valence-electron chi connectivity index (χ0n) is 12.8. The maximum Gasteiger partial charge on any atom is 0.243 e. The van der Waals surface area contributed by atoms with Gasteiger partial charge in [-0.25, -0.2) is 17.5 Å². The molecule has 0 saturated carbocycles. The minimum Gasteiger partial charge on any atom is -0.326 e. The van der Waals surface area contributed by atoms with Crippen LogP contribution in [0.5, 0.6) is 0 Å². The van der Waals surface area contributed by atoms with Gasteiger partial charge < -0.3 is 10.6 Å². The molecule has 7 heteroatoms. The van der Waals surface area contributed by atoms with Crippen LogP contribution in [0.3, 0.4) is 0 Å². The first-order valence-electron chi connectivity index (χ1n) is 7.00. The average molecular weight is 317 g/mol. The van der Waals surface area contributed by atoms with Crippen LogP contribution < -0.4 is 10.5 Å². The molecule has 0 aromatic heterocycles. The van der Waals surface area contributed by atoms with E-state index >= 15 is 0 Å². The molecule has 120 valence electrons. The van der Waals surface area contributed by atoms with Crippen molar-refractivity contribution in [3.8, 4) is 0 Å². The van der Waals surface area contributed by atoms with Crippen LogP contribution in [0, 0.1) is 5.82 Å². The molecule has 3 N–H and O–H groups in total. The van der Waals surface area contributed by atoms with E-state index in [0.29, 0.717) is 18.2 Å². The topological polar surface area (TPSA) is 75.4 Å². The number of halogens is 1. The van der Waals surface area contributed by atoms with Gasteiger partial charge in [-0.2, -0.15) is 0 Å². The highest BCUT2D eigenvalue weighted by atomic mass is 32.2. The summed E-state index contributed by atoms with van der Waals surface area (Å²) in [5.41, 5.74) is 6.03. The molecular weight excluding hydrogens is 293 g/mol. The molecule has 0 heterocycles. The van der Waals surface area contributed by atoms with E-state index in [1.165, 1.54) is 12.1 Å². The SMILES string of the molecule is CCC(C)N(C)CCNS(=O)(=O)c1cc(CN)ccc1F. The maximum atomic E-state index is 13.7. The van der Waals surface area contributed by atoms with Crippen molar-refractivity contribution in [2.24, 2.45) is 5.73 Å². The standard InChI is InChI=1S/C14H24FN3O2S/c1-4-11(2)18(3)8-7-17-21(19,20)14-9-12(10-16)5-6-13(14)15/h5-6,9,11,17H,4,7-8,10,16H2,1-3H3. The normalized spacial score (nSPS) is 13.6. The summed E-state index contributed by atoms with van der Waals surface area (Å²) in [6.45, 7) is 5.10. The lowest BCUT2D eigenvalue weighted by Crippen LogP contribution is -2.37. The molecule has 1 aromatic rings. The van der Waals surface area contributed by atoms with Gasteiger partial charge in [0.05, 0.1) is 0 Å². The second-order valence-electron chi connectivity index (χ2n) is 5.10. The third-order valence-corrected chi connectivity index (χ3v) is 5.10. The second-order valence-corrected chi connectivity index (χ2v) is 6.84. The van der Waals surface area contributed by atoms with Crippen molar-refractivity contribution in [1.29, 1.82) is 0 Å². The van der Waals surface area contributed by atoms with Crippen molar-refractivity contribution in [2.45, 2.75) is 37.8 Å². The number of nitrogens with zero attached hydrogens (tertiary/aromatic N) is 1. The van der Waals surface area contributed by atoms with Gasteiger partial charge in [-0.1, -0.05) is 13.0 Å². The van der Waals surface area contributed by atoms with Gasteiger partial charge in [0.25, 0.3) is 0 Å². The highest BCUT2D eigenvalue weighted by molar-refractivity contribution is 7.89. The van der Waals surface area contributed by atoms with Crippen LogP contribution >= 0.6 is 0 Å². The molecule has 0 aliphatic heterocycles. The van der Waals surface area contributed by atoms with Gasteiger partial charge in [0.1, 0.15) is 10.7 Å². The first kappa shape index (κ1) is 18.0. The summed E-state index contributed by atoms with van der Waals surface area (Å²) < 4.78 is 40.4. The molecule has 0 aliphatic rings. The summed E-state index contributed by atoms with van der Waals surface area (Å²) in [7, 11) is -1.93. The maximum absolute atomic E-state index is 13.7. The highest BCUT2D eigenvalue weighted by Crippen LogP contribution is 2.16. The molecule has 0 aliphatic carbocycles. The third kappa shape index (κ3) is 5.03. The Hall–Kier alpha value is -1.02. The predicted octanol–water partition coefficient (Wildman–Crippen LogP) is 1.29. The van der Waals surface area contributed by atoms with E-state index in [2.05, 4.69) is 23.5 Å². The highest BCUT2D eigenvalue weighted by Gasteiger charge is 2.19. The molecule has 0 spiro atoms. The Morgan fingerprint density at radius 3 is 2.67 bits per heavy atom. The molecule has 0 amide bonds. The molecule has 1 aromatic carbocycles. The average Bonchev–Trinajstić information content (AvgIpc) is 2.46. The van der Waals surface area contributed by atoms with Crippen LogP contribution in [-0.2, 0) is 16.6 Å². The lowest BCUT2D eigenvalue weighted by molar-refractivity contribution is 0.256. The quantitative estimate of drug-likeness (QED) is 0.758. The van der Waals surface area contributed by atoms with Crippen LogP contribution in [0.4, 0.5) is 4.39 Å². The summed E-state index contributed by atoms with van der Waals surface area (Å²) in [5, 5.41) is 0. The van der Waals surface area contributed by atoms with Gasteiger partial charge in [-0.05, 0) is 38.1 Å². The van der Waals surface area contributed by atoms with E-state index < -0.39 is 15.8 Å². The Bertz CT molecular complexity index is 563. The van der Waals surface area contributed by atoms with E-state index in [4.69, 9.17) is 5.73 Å². The fourth-order valence-electron chi connectivity index (χ4n) is 1.85. The second kappa shape index (κ2) is 7.84. The first-order chi connectivity index (χ1) is 9.81. The van der Waals surface area contributed by atoms with Crippen LogP contribution in [0.1, 0.15) is 25.8 Å². The molecule has 0 radical (unpaired) electrons. The van der Waals surface area contributed by atoms with Gasteiger partial charge in [0.15, 0.2) is 0 Å². The van der Waals surface area contributed by atoms with E-state index in [0.717, 1.165) is 12.5 Å². The smallest absolute Gasteiger partial charge is 0.243 e. The lowest BCUT2D eigenvalue weighted by atomic mass is 10.2. The summed E-state index contributed by atoms with van der Waals surface area (Å²) >= 11 is 0. The monoisotopic (exact) mass is 317 g/mol. The van der Waals surface area contributed by atoms with Gasteiger partial charge in [-0.15, -0.1) is 0 Å². The predicted molar refractivity (Wildman–Crippen MR) is 81.9 cm³/mol. The van der Waals surface area contributed by atoms with Gasteiger partial charge in [-0.3, -0.25) is 0 Å². The number of benzene rings is 1. The fourth-order valence-corrected chi connectivity index (χ4v) is 2.99. The van der Waals surface area contributed by atoms with Gasteiger partial charge >= 0.3 is 0 Å². The Morgan fingerprint density at radius 1 is 1.43 bits per heavy atom. The molecule has 0 bridgehead atoms. The van der Waals surface area contributed by atoms with Crippen molar-refractivity contribution in [3.05, 3.63) is 29.6 Å². The Labute approximate surface area is 126 Å². The van der Waals surface area contributed by atoms with Crippen molar-refractivity contribution in [3.63, 3.8) is 0 Å². The molecule has 0 fully saturated rings. The van der Waals surface area contributed by atoms with Crippen molar-refractivity contribution < 1.29 is 12.8 Å². The minimum absolute atomic E-state index is 0.166. The Morgan fingerprint density at radius 2 is 2.10 bits per heavy atom. The molecular formula is C14H24FN3O2S. The summed E-state index contributed by atoms with van der Waals surface area (Å²) in [6, 6.07) is 4.25. The molecule has 1 unspecified atom stereocenters. The fraction of sp³-hybridized carbons (Fsp3) is 0.571. The number of rotatable bonds is 8. The van der Waals surface area contributed by atoms with Gasteiger partial charge in [0.2, 0.25) is 10.0 Å². The van der Waals surface area contributed by atoms with Crippen LogP contribution in [0.15, 0.2) is 23.1 Å². The minimum atomic E-state index is -3.86. The molecule has 21 heavy (non-hydrogen) atoms. The Balaban J connectivity index is 2.74. The van der Waals surface area contributed by atoms with E-state index in [-0.39, 0.29) is 18.0 Å². The van der Waals surface area contributed by atoms with E-state index in [9.17, 15) is 12.8 Å². The number of hydrogen-bond acceptors (Lipinski definition) is 4. The Kier molecular flexibility index (Phi) is 6.73. The number of hydrogen-bond donors (Lipinski definition) is 2. The molecule has 0 saturated heterocycles. The van der Waals surface area contributed by atoms with Gasteiger partial charge in [0, 0.05) is 25.7 Å². The zero-order chi connectivity index (χ0) is 16.0. The third-order valence-electron chi connectivity index (χ3n) is 3.62. The molecule has 5 nitrogen and oxygen atoms in total.